The molecule has 0 radical (unpaired) electrons. The number of unbranched alkanes of at least 4 members (excludes halogenated alkanes) is 1. The SMILES string of the molecule is CCN(CCCCC(C)(N)C(=O)O)c1ccccc1F. The molecule has 3 N–H and O–H groups in total. The molecule has 5 heteroatoms. The molecule has 1 unspecified atom stereocenters. The van der Waals surface area contributed by atoms with Crippen molar-refractivity contribution in [3.63, 3.8) is 0 Å². The maximum atomic E-state index is 13.7. The highest BCUT2D eigenvalue weighted by Crippen LogP contribution is 2.19. The molecule has 0 spiro atoms. The molecule has 0 heterocycles. The van der Waals surface area contributed by atoms with Gasteiger partial charge >= 0.3 is 5.97 Å². The Hall–Kier alpha value is -1.62. The fourth-order valence-electron chi connectivity index (χ4n) is 2.06. The van der Waals surface area contributed by atoms with Crippen LogP contribution in [0, 0.1) is 5.82 Å². The zero-order chi connectivity index (χ0) is 15.2. The Balaban J connectivity index is 2.48. The number of hydrogen-bond acceptors (Lipinski definition) is 3. The summed E-state index contributed by atoms with van der Waals surface area (Å²) in [6.07, 6.45) is 1.89. The van der Waals surface area contributed by atoms with Gasteiger partial charge in [-0.15, -0.1) is 0 Å². The average Bonchev–Trinajstić information content (AvgIpc) is 2.40. The summed E-state index contributed by atoms with van der Waals surface area (Å²) in [5.41, 5.74) is 5.07. The fraction of sp³-hybridized carbons (Fsp3) is 0.533. The quantitative estimate of drug-likeness (QED) is 0.719. The van der Waals surface area contributed by atoms with E-state index < -0.39 is 11.5 Å². The standard InChI is InChI=1S/C15H23FN2O2/c1-3-18(13-9-5-4-8-12(13)16)11-7-6-10-15(2,17)14(19)20/h4-5,8-9H,3,6-7,10-11,17H2,1-2H3,(H,19,20). The minimum atomic E-state index is -1.19. The molecule has 4 nitrogen and oxygen atoms in total. The topological polar surface area (TPSA) is 66.6 Å². The molecule has 20 heavy (non-hydrogen) atoms. The zero-order valence-corrected chi connectivity index (χ0v) is 12.1. The zero-order valence-electron chi connectivity index (χ0n) is 12.1. The van der Waals surface area contributed by atoms with Gasteiger partial charge in [-0.3, -0.25) is 4.79 Å². The molecule has 1 atom stereocenters. The van der Waals surface area contributed by atoms with Gasteiger partial charge in [-0.05, 0) is 45.2 Å². The van der Waals surface area contributed by atoms with Crippen LogP contribution in [0.3, 0.4) is 0 Å². The molecule has 0 aromatic heterocycles. The lowest BCUT2D eigenvalue weighted by Gasteiger charge is -2.24. The third kappa shape index (κ3) is 4.49. The molecule has 0 aliphatic carbocycles. The van der Waals surface area contributed by atoms with E-state index in [0.29, 0.717) is 31.6 Å². The number of carboxylic acids is 1. The van der Waals surface area contributed by atoms with E-state index >= 15 is 0 Å². The van der Waals surface area contributed by atoms with Crippen LogP contribution >= 0.6 is 0 Å². The number of carbonyl (C=O) groups is 1. The highest BCUT2D eigenvalue weighted by molar-refractivity contribution is 5.77. The number of carboxylic acid groups (broad SMARTS) is 1. The Kier molecular flexibility index (Phi) is 5.95. The first kappa shape index (κ1) is 16.4. The first-order valence-corrected chi connectivity index (χ1v) is 6.90. The van der Waals surface area contributed by atoms with Gasteiger partial charge in [0.25, 0.3) is 0 Å². The van der Waals surface area contributed by atoms with Crippen molar-refractivity contribution in [2.45, 2.75) is 38.6 Å². The van der Waals surface area contributed by atoms with E-state index in [1.165, 1.54) is 13.0 Å². The molecular weight excluding hydrogens is 259 g/mol. The highest BCUT2D eigenvalue weighted by Gasteiger charge is 2.26. The maximum absolute atomic E-state index is 13.7. The minimum absolute atomic E-state index is 0.233. The Labute approximate surface area is 119 Å². The Morgan fingerprint density at radius 3 is 2.60 bits per heavy atom. The molecule has 112 valence electrons. The third-order valence-electron chi connectivity index (χ3n) is 3.44. The van der Waals surface area contributed by atoms with Crippen molar-refractivity contribution in [3.8, 4) is 0 Å². The monoisotopic (exact) mass is 282 g/mol. The molecule has 0 saturated heterocycles. The summed E-state index contributed by atoms with van der Waals surface area (Å²) in [6, 6.07) is 6.67. The Morgan fingerprint density at radius 2 is 2.05 bits per heavy atom. The molecule has 0 aliphatic rings. The summed E-state index contributed by atoms with van der Waals surface area (Å²) in [5, 5.41) is 8.93. The van der Waals surface area contributed by atoms with Gasteiger partial charge in [0.15, 0.2) is 0 Å². The normalized spacial score (nSPS) is 13.8. The highest BCUT2D eigenvalue weighted by atomic mass is 19.1. The molecule has 1 aromatic carbocycles. The Morgan fingerprint density at radius 1 is 1.40 bits per heavy atom. The number of hydrogen-bond donors (Lipinski definition) is 2. The summed E-state index contributed by atoms with van der Waals surface area (Å²) >= 11 is 0. The van der Waals surface area contributed by atoms with E-state index in [1.807, 2.05) is 17.9 Å². The molecule has 0 saturated carbocycles. The van der Waals surface area contributed by atoms with Crippen molar-refractivity contribution in [3.05, 3.63) is 30.1 Å². The van der Waals surface area contributed by atoms with Crippen molar-refractivity contribution in [2.75, 3.05) is 18.0 Å². The summed E-state index contributed by atoms with van der Waals surface area (Å²) in [6.45, 7) is 4.88. The molecule has 1 aromatic rings. The molecule has 1 rings (SSSR count). The largest absolute Gasteiger partial charge is 0.480 e. The summed E-state index contributed by atoms with van der Waals surface area (Å²) < 4.78 is 13.7. The number of halogens is 1. The van der Waals surface area contributed by atoms with Gasteiger partial charge in [0.2, 0.25) is 0 Å². The van der Waals surface area contributed by atoms with Crippen LogP contribution in [0.2, 0.25) is 0 Å². The molecule has 0 amide bonds. The molecule has 0 bridgehead atoms. The van der Waals surface area contributed by atoms with Crippen LogP contribution in [0.4, 0.5) is 10.1 Å². The number of nitrogens with two attached hydrogens (primary N) is 1. The number of nitrogens with zero attached hydrogens (tertiary/aromatic N) is 1. The van der Waals surface area contributed by atoms with Gasteiger partial charge in [0.1, 0.15) is 11.4 Å². The molecule has 0 fully saturated rings. The first-order valence-electron chi connectivity index (χ1n) is 6.90. The van der Waals surface area contributed by atoms with Gasteiger partial charge in [0, 0.05) is 13.1 Å². The number of rotatable bonds is 8. The van der Waals surface area contributed by atoms with Gasteiger partial charge in [-0.2, -0.15) is 0 Å². The minimum Gasteiger partial charge on any atom is -0.480 e. The maximum Gasteiger partial charge on any atom is 0.323 e. The van der Waals surface area contributed by atoms with E-state index in [9.17, 15) is 9.18 Å². The van der Waals surface area contributed by atoms with Crippen molar-refractivity contribution in [1.29, 1.82) is 0 Å². The van der Waals surface area contributed by atoms with Crippen LogP contribution in [0.25, 0.3) is 0 Å². The van der Waals surface area contributed by atoms with Crippen molar-refractivity contribution in [2.24, 2.45) is 5.73 Å². The van der Waals surface area contributed by atoms with Gasteiger partial charge in [-0.25, -0.2) is 4.39 Å². The number of anilines is 1. The predicted octanol–water partition coefficient (Wildman–Crippen LogP) is 2.62. The van der Waals surface area contributed by atoms with Gasteiger partial charge in [0.05, 0.1) is 5.69 Å². The lowest BCUT2D eigenvalue weighted by molar-refractivity contribution is -0.142. The van der Waals surface area contributed by atoms with Crippen molar-refractivity contribution in [1.82, 2.24) is 0 Å². The van der Waals surface area contributed by atoms with E-state index in [4.69, 9.17) is 10.8 Å². The lowest BCUT2D eigenvalue weighted by Crippen LogP contribution is -2.44. The van der Waals surface area contributed by atoms with Gasteiger partial charge < -0.3 is 15.7 Å². The van der Waals surface area contributed by atoms with E-state index in [0.717, 1.165) is 6.42 Å². The molecular formula is C15H23FN2O2. The Bertz CT molecular complexity index is 449. The number of para-hydroxylation sites is 1. The van der Waals surface area contributed by atoms with Crippen LogP contribution in [0.1, 0.15) is 33.1 Å². The third-order valence-corrected chi connectivity index (χ3v) is 3.44. The van der Waals surface area contributed by atoms with Crippen molar-refractivity contribution >= 4 is 11.7 Å². The first-order chi connectivity index (χ1) is 9.38. The fourth-order valence-corrected chi connectivity index (χ4v) is 2.06. The smallest absolute Gasteiger partial charge is 0.323 e. The number of aliphatic carboxylic acids is 1. The van der Waals surface area contributed by atoms with Crippen LogP contribution < -0.4 is 10.6 Å². The van der Waals surface area contributed by atoms with E-state index in [1.54, 1.807) is 12.1 Å². The van der Waals surface area contributed by atoms with E-state index in [-0.39, 0.29) is 5.82 Å². The van der Waals surface area contributed by atoms with Gasteiger partial charge in [-0.1, -0.05) is 12.1 Å². The predicted molar refractivity (Wildman–Crippen MR) is 78.4 cm³/mol. The van der Waals surface area contributed by atoms with Crippen LogP contribution in [-0.2, 0) is 4.79 Å². The summed E-state index contributed by atoms with van der Waals surface area (Å²) in [5.74, 6) is -1.22. The lowest BCUT2D eigenvalue weighted by atomic mass is 9.96. The summed E-state index contributed by atoms with van der Waals surface area (Å²) in [7, 11) is 0. The van der Waals surface area contributed by atoms with E-state index in [2.05, 4.69) is 0 Å². The second-order valence-corrected chi connectivity index (χ2v) is 5.21. The van der Waals surface area contributed by atoms with Crippen LogP contribution in [0.15, 0.2) is 24.3 Å². The second kappa shape index (κ2) is 7.24. The second-order valence-electron chi connectivity index (χ2n) is 5.21. The molecule has 0 aliphatic heterocycles. The summed E-state index contributed by atoms with van der Waals surface area (Å²) in [4.78, 5) is 12.8. The van der Waals surface area contributed by atoms with Crippen LogP contribution in [-0.4, -0.2) is 29.7 Å². The van der Waals surface area contributed by atoms with Crippen molar-refractivity contribution < 1.29 is 14.3 Å². The average molecular weight is 282 g/mol. The van der Waals surface area contributed by atoms with Crippen LogP contribution in [0.5, 0.6) is 0 Å². The number of benzene rings is 1.